The fourth-order valence-electron chi connectivity index (χ4n) is 3.71. The number of hydrogen-bond donors (Lipinski definition) is 0. The molecule has 2 heterocycles. The molecule has 1 unspecified atom stereocenters. The van der Waals surface area contributed by atoms with Crippen molar-refractivity contribution in [2.45, 2.75) is 45.2 Å². The SMILES string of the molecule is CCOc1ccc(CN2CCC(N3CCCCC3)C2)cc1Cl. The van der Waals surface area contributed by atoms with Gasteiger partial charge in [0.25, 0.3) is 0 Å². The van der Waals surface area contributed by atoms with Gasteiger partial charge < -0.3 is 4.74 Å². The van der Waals surface area contributed by atoms with Crippen molar-refractivity contribution >= 4 is 11.6 Å². The summed E-state index contributed by atoms with van der Waals surface area (Å²) in [7, 11) is 0. The Kier molecular flexibility index (Phi) is 5.61. The zero-order valence-electron chi connectivity index (χ0n) is 13.6. The Morgan fingerprint density at radius 1 is 1.18 bits per heavy atom. The first-order valence-corrected chi connectivity index (χ1v) is 9.01. The lowest BCUT2D eigenvalue weighted by Gasteiger charge is -2.32. The summed E-state index contributed by atoms with van der Waals surface area (Å²) in [5, 5.41) is 0.728. The molecule has 0 aromatic heterocycles. The van der Waals surface area contributed by atoms with E-state index in [1.165, 1.54) is 57.4 Å². The lowest BCUT2D eigenvalue weighted by atomic mass is 10.1. The third-order valence-electron chi connectivity index (χ3n) is 4.86. The maximum Gasteiger partial charge on any atom is 0.137 e. The van der Waals surface area contributed by atoms with Crippen LogP contribution >= 0.6 is 11.6 Å². The fraction of sp³-hybridized carbons (Fsp3) is 0.667. The summed E-state index contributed by atoms with van der Waals surface area (Å²) in [6.45, 7) is 8.63. The van der Waals surface area contributed by atoms with Crippen molar-refractivity contribution in [1.29, 1.82) is 0 Å². The van der Waals surface area contributed by atoms with Crippen LogP contribution in [0.15, 0.2) is 18.2 Å². The number of hydrogen-bond acceptors (Lipinski definition) is 3. The predicted octanol–water partition coefficient (Wildman–Crippen LogP) is 3.80. The van der Waals surface area contributed by atoms with Crippen LogP contribution in [-0.4, -0.2) is 48.6 Å². The monoisotopic (exact) mass is 322 g/mol. The predicted molar refractivity (Wildman–Crippen MR) is 91.7 cm³/mol. The molecule has 3 nitrogen and oxygen atoms in total. The van der Waals surface area contributed by atoms with Crippen molar-refractivity contribution in [2.24, 2.45) is 0 Å². The van der Waals surface area contributed by atoms with Crippen LogP contribution in [0.2, 0.25) is 5.02 Å². The standard InChI is InChI=1S/C18H27ClN2O/c1-2-22-18-7-6-15(12-17(18)19)13-20-11-8-16(14-20)21-9-4-3-5-10-21/h6-7,12,16H,2-5,8-11,13-14H2,1H3. The van der Waals surface area contributed by atoms with Gasteiger partial charge in [0.1, 0.15) is 5.75 Å². The number of nitrogens with zero attached hydrogens (tertiary/aromatic N) is 2. The van der Waals surface area contributed by atoms with Crippen LogP contribution < -0.4 is 4.74 Å². The van der Waals surface area contributed by atoms with E-state index in [1.807, 2.05) is 13.0 Å². The zero-order valence-corrected chi connectivity index (χ0v) is 14.3. The maximum absolute atomic E-state index is 6.29. The molecule has 0 radical (unpaired) electrons. The van der Waals surface area contributed by atoms with Crippen LogP contribution in [0.1, 0.15) is 38.2 Å². The number of halogens is 1. The first-order chi connectivity index (χ1) is 10.8. The van der Waals surface area contributed by atoms with Crippen molar-refractivity contribution < 1.29 is 4.74 Å². The van der Waals surface area contributed by atoms with Crippen molar-refractivity contribution in [3.63, 3.8) is 0 Å². The van der Waals surface area contributed by atoms with Gasteiger partial charge in [-0.05, 0) is 57.0 Å². The van der Waals surface area contributed by atoms with Crippen LogP contribution in [0.4, 0.5) is 0 Å². The summed E-state index contributed by atoms with van der Waals surface area (Å²) in [6, 6.07) is 6.96. The minimum Gasteiger partial charge on any atom is -0.492 e. The van der Waals surface area contributed by atoms with Gasteiger partial charge in [0, 0.05) is 25.7 Å². The van der Waals surface area contributed by atoms with Crippen LogP contribution in [0.5, 0.6) is 5.75 Å². The average Bonchev–Trinajstić information content (AvgIpc) is 3.00. The van der Waals surface area contributed by atoms with Gasteiger partial charge in [-0.1, -0.05) is 24.1 Å². The third kappa shape index (κ3) is 3.95. The Hall–Kier alpha value is -0.770. The van der Waals surface area contributed by atoms with E-state index in [0.717, 1.165) is 23.4 Å². The molecule has 0 bridgehead atoms. The molecule has 122 valence electrons. The summed E-state index contributed by atoms with van der Waals surface area (Å²) in [4.78, 5) is 5.26. The normalized spacial score (nSPS) is 23.8. The lowest BCUT2D eigenvalue weighted by molar-refractivity contribution is 0.161. The summed E-state index contributed by atoms with van der Waals surface area (Å²) >= 11 is 6.29. The first kappa shape index (κ1) is 16.1. The zero-order chi connectivity index (χ0) is 15.4. The molecule has 0 N–H and O–H groups in total. The summed E-state index contributed by atoms with van der Waals surface area (Å²) in [6.07, 6.45) is 5.48. The highest BCUT2D eigenvalue weighted by molar-refractivity contribution is 6.32. The van der Waals surface area contributed by atoms with Crippen molar-refractivity contribution in [1.82, 2.24) is 9.80 Å². The maximum atomic E-state index is 6.29. The Labute approximate surface area is 139 Å². The molecule has 2 saturated heterocycles. The van der Waals surface area contributed by atoms with E-state index in [9.17, 15) is 0 Å². The molecule has 0 saturated carbocycles. The fourth-order valence-corrected chi connectivity index (χ4v) is 3.97. The van der Waals surface area contributed by atoms with Crippen LogP contribution in [0, 0.1) is 0 Å². The van der Waals surface area contributed by atoms with E-state index in [0.29, 0.717) is 6.61 Å². The van der Waals surface area contributed by atoms with Gasteiger partial charge in [0.05, 0.1) is 11.6 Å². The van der Waals surface area contributed by atoms with Crippen LogP contribution in [0.3, 0.4) is 0 Å². The number of ether oxygens (including phenoxy) is 1. The molecule has 0 amide bonds. The number of rotatable bonds is 5. The van der Waals surface area contributed by atoms with Gasteiger partial charge in [-0.15, -0.1) is 0 Å². The van der Waals surface area contributed by atoms with Gasteiger partial charge in [-0.2, -0.15) is 0 Å². The van der Waals surface area contributed by atoms with Crippen molar-refractivity contribution in [3.05, 3.63) is 28.8 Å². The molecule has 22 heavy (non-hydrogen) atoms. The Morgan fingerprint density at radius 3 is 2.73 bits per heavy atom. The summed E-state index contributed by atoms with van der Waals surface area (Å²) in [5.41, 5.74) is 1.28. The molecular weight excluding hydrogens is 296 g/mol. The molecule has 1 atom stereocenters. The lowest BCUT2D eigenvalue weighted by Crippen LogP contribution is -2.40. The highest BCUT2D eigenvalue weighted by Crippen LogP contribution is 2.27. The molecular formula is C18H27ClN2O. The minimum absolute atomic E-state index is 0.655. The van der Waals surface area contributed by atoms with Crippen molar-refractivity contribution in [3.8, 4) is 5.75 Å². The number of likely N-dealkylation sites (tertiary alicyclic amines) is 2. The van der Waals surface area contributed by atoms with E-state index in [2.05, 4.69) is 21.9 Å². The molecule has 2 fully saturated rings. The van der Waals surface area contributed by atoms with Crippen molar-refractivity contribution in [2.75, 3.05) is 32.8 Å². The van der Waals surface area contributed by atoms with E-state index in [1.54, 1.807) is 0 Å². The highest BCUT2D eigenvalue weighted by atomic mass is 35.5. The van der Waals surface area contributed by atoms with Crippen LogP contribution in [0.25, 0.3) is 0 Å². The van der Waals surface area contributed by atoms with Gasteiger partial charge >= 0.3 is 0 Å². The van der Waals surface area contributed by atoms with Gasteiger partial charge in [-0.3, -0.25) is 9.80 Å². The number of benzene rings is 1. The minimum atomic E-state index is 0.655. The second kappa shape index (κ2) is 7.67. The summed E-state index contributed by atoms with van der Waals surface area (Å²) in [5.74, 6) is 0.792. The first-order valence-electron chi connectivity index (χ1n) is 8.64. The quantitative estimate of drug-likeness (QED) is 0.820. The molecule has 1 aromatic carbocycles. The third-order valence-corrected chi connectivity index (χ3v) is 5.15. The summed E-state index contributed by atoms with van der Waals surface area (Å²) < 4.78 is 5.51. The molecule has 2 aliphatic rings. The van der Waals surface area contributed by atoms with Gasteiger partial charge in [0.15, 0.2) is 0 Å². The molecule has 2 aliphatic heterocycles. The smallest absolute Gasteiger partial charge is 0.137 e. The van der Waals surface area contributed by atoms with Gasteiger partial charge in [-0.25, -0.2) is 0 Å². The topological polar surface area (TPSA) is 15.7 Å². The van der Waals surface area contributed by atoms with Gasteiger partial charge in [0.2, 0.25) is 0 Å². The van der Waals surface area contributed by atoms with Crippen LogP contribution in [-0.2, 0) is 6.54 Å². The Morgan fingerprint density at radius 2 is 2.00 bits per heavy atom. The van der Waals surface area contributed by atoms with E-state index in [-0.39, 0.29) is 0 Å². The molecule has 1 aromatic rings. The van der Waals surface area contributed by atoms with E-state index < -0.39 is 0 Å². The van der Waals surface area contributed by atoms with E-state index >= 15 is 0 Å². The molecule has 3 rings (SSSR count). The highest BCUT2D eigenvalue weighted by Gasteiger charge is 2.28. The molecule has 0 aliphatic carbocycles. The Bertz CT molecular complexity index is 488. The van der Waals surface area contributed by atoms with E-state index in [4.69, 9.17) is 16.3 Å². The number of piperidine rings is 1. The second-order valence-electron chi connectivity index (χ2n) is 6.47. The largest absolute Gasteiger partial charge is 0.492 e. The second-order valence-corrected chi connectivity index (χ2v) is 6.88. The Balaban J connectivity index is 1.54. The average molecular weight is 323 g/mol. The molecule has 0 spiro atoms. The molecule has 4 heteroatoms.